The van der Waals surface area contributed by atoms with Crippen LogP contribution in [0.5, 0.6) is 0 Å². The van der Waals surface area contributed by atoms with Gasteiger partial charge < -0.3 is 10.1 Å². The Morgan fingerprint density at radius 2 is 2.33 bits per heavy atom. The van der Waals surface area contributed by atoms with Crippen molar-refractivity contribution in [3.63, 3.8) is 0 Å². The molecule has 1 aliphatic heterocycles. The van der Waals surface area contributed by atoms with E-state index in [4.69, 9.17) is 4.74 Å². The van der Waals surface area contributed by atoms with Gasteiger partial charge >= 0.3 is 0 Å². The van der Waals surface area contributed by atoms with Gasteiger partial charge in [0.1, 0.15) is 5.82 Å². The van der Waals surface area contributed by atoms with Gasteiger partial charge in [0, 0.05) is 18.7 Å². The summed E-state index contributed by atoms with van der Waals surface area (Å²) in [4.78, 5) is 8.92. The van der Waals surface area contributed by atoms with E-state index in [0.29, 0.717) is 5.92 Å². The molecule has 2 heterocycles. The molecule has 1 saturated heterocycles. The standard InChI is InChI=1S/C11H15N3O/c1-2-8(1)11-13-4-3-9(14-11)10-7-15-6-5-12-10/h3-4,8,10,12H,1-2,5-7H2. The van der Waals surface area contributed by atoms with Crippen LogP contribution in [0, 0.1) is 0 Å². The molecule has 1 saturated carbocycles. The Bertz CT molecular complexity index is 345. The Kier molecular flexibility index (Phi) is 2.38. The normalized spacial score (nSPS) is 26.5. The van der Waals surface area contributed by atoms with Crippen molar-refractivity contribution in [1.29, 1.82) is 0 Å². The molecule has 1 aliphatic carbocycles. The first kappa shape index (κ1) is 9.24. The first-order valence-corrected chi connectivity index (χ1v) is 5.57. The predicted octanol–water partition coefficient (Wildman–Crippen LogP) is 1.01. The summed E-state index contributed by atoms with van der Waals surface area (Å²) in [6.45, 7) is 2.44. The van der Waals surface area contributed by atoms with Gasteiger partial charge in [0.15, 0.2) is 0 Å². The van der Waals surface area contributed by atoms with Gasteiger partial charge in [-0.3, -0.25) is 0 Å². The third-order valence-corrected chi connectivity index (χ3v) is 2.92. The van der Waals surface area contributed by atoms with Crippen molar-refractivity contribution < 1.29 is 4.74 Å². The molecule has 0 radical (unpaired) electrons. The van der Waals surface area contributed by atoms with Crippen molar-refractivity contribution in [3.8, 4) is 0 Å². The van der Waals surface area contributed by atoms with Crippen molar-refractivity contribution in [2.24, 2.45) is 0 Å². The summed E-state index contributed by atoms with van der Waals surface area (Å²) < 4.78 is 5.43. The average Bonchev–Trinajstić information content (AvgIpc) is 3.14. The monoisotopic (exact) mass is 205 g/mol. The topological polar surface area (TPSA) is 47.0 Å². The number of nitrogens with zero attached hydrogens (tertiary/aromatic N) is 2. The lowest BCUT2D eigenvalue weighted by molar-refractivity contribution is 0.0755. The Labute approximate surface area is 89.1 Å². The van der Waals surface area contributed by atoms with Gasteiger partial charge in [-0.05, 0) is 18.9 Å². The van der Waals surface area contributed by atoms with E-state index in [1.165, 1.54) is 12.8 Å². The predicted molar refractivity (Wildman–Crippen MR) is 55.6 cm³/mol. The molecule has 0 bridgehead atoms. The maximum atomic E-state index is 5.43. The second-order valence-corrected chi connectivity index (χ2v) is 4.20. The number of hydrogen-bond donors (Lipinski definition) is 1. The fourth-order valence-corrected chi connectivity index (χ4v) is 1.88. The van der Waals surface area contributed by atoms with E-state index in [1.54, 1.807) is 0 Å². The first-order chi connectivity index (χ1) is 7.43. The SMILES string of the molecule is c1cc(C2COCCN2)nc(C2CC2)n1. The molecule has 0 spiro atoms. The maximum Gasteiger partial charge on any atom is 0.131 e. The van der Waals surface area contributed by atoms with Crippen LogP contribution in [0.2, 0.25) is 0 Å². The Morgan fingerprint density at radius 3 is 3.07 bits per heavy atom. The fourth-order valence-electron chi connectivity index (χ4n) is 1.88. The summed E-state index contributed by atoms with van der Waals surface area (Å²) in [5.74, 6) is 1.63. The van der Waals surface area contributed by atoms with Crippen LogP contribution in [0.25, 0.3) is 0 Å². The third-order valence-electron chi connectivity index (χ3n) is 2.92. The molecule has 1 unspecified atom stereocenters. The van der Waals surface area contributed by atoms with Gasteiger partial charge in [-0.2, -0.15) is 0 Å². The minimum Gasteiger partial charge on any atom is -0.378 e. The van der Waals surface area contributed by atoms with Crippen LogP contribution in [0.1, 0.15) is 36.3 Å². The van der Waals surface area contributed by atoms with Crippen LogP contribution in [0.15, 0.2) is 12.3 Å². The molecule has 80 valence electrons. The van der Waals surface area contributed by atoms with Crippen molar-refractivity contribution in [2.45, 2.75) is 24.8 Å². The van der Waals surface area contributed by atoms with Crippen LogP contribution in [-0.4, -0.2) is 29.7 Å². The largest absolute Gasteiger partial charge is 0.378 e. The highest BCUT2D eigenvalue weighted by molar-refractivity contribution is 5.13. The summed E-state index contributed by atoms with van der Waals surface area (Å²) in [5.41, 5.74) is 1.08. The zero-order valence-corrected chi connectivity index (χ0v) is 8.65. The molecular weight excluding hydrogens is 190 g/mol. The van der Waals surface area contributed by atoms with E-state index in [-0.39, 0.29) is 6.04 Å². The van der Waals surface area contributed by atoms with E-state index in [2.05, 4.69) is 15.3 Å². The molecule has 3 rings (SSSR count). The summed E-state index contributed by atoms with van der Waals surface area (Å²) in [7, 11) is 0. The zero-order chi connectivity index (χ0) is 10.1. The van der Waals surface area contributed by atoms with E-state index in [1.807, 2.05) is 12.3 Å². The molecule has 1 aromatic rings. The number of aromatic nitrogens is 2. The third kappa shape index (κ3) is 2.01. The Hall–Kier alpha value is -1.00. The van der Waals surface area contributed by atoms with E-state index >= 15 is 0 Å². The fraction of sp³-hybridized carbons (Fsp3) is 0.636. The molecule has 1 atom stereocenters. The molecular formula is C11H15N3O. The maximum absolute atomic E-state index is 5.43. The van der Waals surface area contributed by atoms with Crippen molar-refractivity contribution >= 4 is 0 Å². The molecule has 0 amide bonds. The number of rotatable bonds is 2. The van der Waals surface area contributed by atoms with Crippen LogP contribution in [0.4, 0.5) is 0 Å². The summed E-state index contributed by atoms with van der Waals surface area (Å²) in [6.07, 6.45) is 4.36. The Morgan fingerprint density at radius 1 is 1.40 bits per heavy atom. The second-order valence-electron chi connectivity index (χ2n) is 4.20. The van der Waals surface area contributed by atoms with Crippen LogP contribution in [0.3, 0.4) is 0 Å². The molecule has 1 aromatic heterocycles. The van der Waals surface area contributed by atoms with Gasteiger partial charge in [-0.15, -0.1) is 0 Å². The van der Waals surface area contributed by atoms with E-state index in [0.717, 1.165) is 31.3 Å². The van der Waals surface area contributed by atoms with Crippen LogP contribution >= 0.6 is 0 Å². The molecule has 15 heavy (non-hydrogen) atoms. The van der Waals surface area contributed by atoms with Crippen molar-refractivity contribution in [3.05, 3.63) is 23.8 Å². The number of hydrogen-bond acceptors (Lipinski definition) is 4. The molecule has 2 aliphatic rings. The van der Waals surface area contributed by atoms with Crippen LogP contribution in [-0.2, 0) is 4.74 Å². The van der Waals surface area contributed by atoms with E-state index in [9.17, 15) is 0 Å². The van der Waals surface area contributed by atoms with Crippen LogP contribution < -0.4 is 5.32 Å². The average molecular weight is 205 g/mol. The molecule has 1 N–H and O–H groups in total. The second kappa shape index (κ2) is 3.87. The first-order valence-electron chi connectivity index (χ1n) is 5.57. The number of ether oxygens (including phenoxy) is 1. The number of nitrogens with one attached hydrogen (secondary N) is 1. The molecule has 2 fully saturated rings. The summed E-state index contributed by atoms with van der Waals surface area (Å²) in [6, 6.07) is 2.23. The Balaban J connectivity index is 1.80. The molecule has 4 heteroatoms. The summed E-state index contributed by atoms with van der Waals surface area (Å²) >= 11 is 0. The number of morpholine rings is 1. The van der Waals surface area contributed by atoms with Crippen molar-refractivity contribution in [2.75, 3.05) is 19.8 Å². The highest BCUT2D eigenvalue weighted by atomic mass is 16.5. The minimum absolute atomic E-state index is 0.249. The van der Waals surface area contributed by atoms with Gasteiger partial charge in [0.2, 0.25) is 0 Å². The van der Waals surface area contributed by atoms with Gasteiger partial charge in [-0.25, -0.2) is 9.97 Å². The minimum atomic E-state index is 0.249. The molecule has 0 aromatic carbocycles. The summed E-state index contributed by atoms with van der Waals surface area (Å²) in [5, 5.41) is 3.41. The zero-order valence-electron chi connectivity index (χ0n) is 8.65. The lowest BCUT2D eigenvalue weighted by atomic mass is 10.2. The van der Waals surface area contributed by atoms with Crippen molar-refractivity contribution in [1.82, 2.24) is 15.3 Å². The molecule has 4 nitrogen and oxygen atoms in total. The van der Waals surface area contributed by atoms with Gasteiger partial charge in [-0.1, -0.05) is 0 Å². The highest BCUT2D eigenvalue weighted by Gasteiger charge is 2.27. The van der Waals surface area contributed by atoms with Gasteiger partial charge in [0.25, 0.3) is 0 Å². The smallest absolute Gasteiger partial charge is 0.131 e. The van der Waals surface area contributed by atoms with E-state index < -0.39 is 0 Å². The quantitative estimate of drug-likeness (QED) is 0.783. The highest BCUT2D eigenvalue weighted by Crippen LogP contribution is 2.38. The lowest BCUT2D eigenvalue weighted by Gasteiger charge is -2.23. The van der Waals surface area contributed by atoms with Gasteiger partial charge in [0.05, 0.1) is 24.9 Å². The lowest BCUT2D eigenvalue weighted by Crippen LogP contribution is -2.35.